The average molecular weight is 250 g/mol. The molecule has 0 aliphatic heterocycles. The van der Waals surface area contributed by atoms with Gasteiger partial charge in [0.1, 0.15) is 12.2 Å². The number of hydrogen-bond acceptors (Lipinski definition) is 3. The Morgan fingerprint density at radius 1 is 1.39 bits per heavy atom. The summed E-state index contributed by atoms with van der Waals surface area (Å²) in [4.78, 5) is 4.48. The van der Waals surface area contributed by atoms with Crippen LogP contribution >= 0.6 is 0 Å². The fraction of sp³-hybridized carbons (Fsp3) is 0.857. The molecule has 1 aromatic rings. The molecule has 1 aromatic heterocycles. The Hall–Kier alpha value is -0.900. The van der Waals surface area contributed by atoms with E-state index in [0.29, 0.717) is 11.3 Å². The molecule has 1 heterocycles. The predicted molar refractivity (Wildman–Crippen MR) is 73.4 cm³/mol. The molecule has 102 valence electrons. The summed E-state index contributed by atoms with van der Waals surface area (Å²) in [5.41, 5.74) is 0.413. The number of hydrogen-bond donors (Lipinski definition) is 1. The minimum atomic E-state index is 0.413. The van der Waals surface area contributed by atoms with Gasteiger partial charge in [-0.2, -0.15) is 5.10 Å². The third-order valence-corrected chi connectivity index (χ3v) is 3.98. The molecule has 0 spiro atoms. The number of rotatable bonds is 6. The Kier molecular flexibility index (Phi) is 4.38. The fourth-order valence-corrected chi connectivity index (χ4v) is 3.17. The molecule has 4 nitrogen and oxygen atoms in total. The standard InChI is InChI=1S/C14H26N4/c1-12(2)9-18-13(16-11-17-18)8-14(10-15-3)6-4-5-7-14/h11-12,15H,4-10H2,1-3H3. The van der Waals surface area contributed by atoms with Gasteiger partial charge < -0.3 is 5.32 Å². The molecular formula is C14H26N4. The summed E-state index contributed by atoms with van der Waals surface area (Å²) in [6.45, 7) is 6.53. The van der Waals surface area contributed by atoms with Crippen LogP contribution in [0.4, 0.5) is 0 Å². The van der Waals surface area contributed by atoms with E-state index in [9.17, 15) is 0 Å². The summed E-state index contributed by atoms with van der Waals surface area (Å²) in [5.74, 6) is 1.79. The zero-order valence-corrected chi connectivity index (χ0v) is 11.9. The van der Waals surface area contributed by atoms with Crippen LogP contribution in [0.2, 0.25) is 0 Å². The van der Waals surface area contributed by atoms with Crippen LogP contribution < -0.4 is 5.32 Å². The molecule has 0 atom stereocenters. The number of nitrogens with one attached hydrogen (secondary N) is 1. The molecule has 0 bridgehead atoms. The lowest BCUT2D eigenvalue weighted by atomic mass is 9.82. The van der Waals surface area contributed by atoms with Gasteiger partial charge in [-0.25, -0.2) is 9.67 Å². The second kappa shape index (κ2) is 5.83. The monoisotopic (exact) mass is 250 g/mol. The summed E-state index contributed by atoms with van der Waals surface area (Å²) in [6.07, 6.45) is 8.14. The van der Waals surface area contributed by atoms with Crippen molar-refractivity contribution in [2.45, 2.75) is 52.5 Å². The summed E-state index contributed by atoms with van der Waals surface area (Å²) in [6, 6.07) is 0. The lowest BCUT2D eigenvalue weighted by molar-refractivity contribution is 0.272. The molecule has 1 N–H and O–H groups in total. The Morgan fingerprint density at radius 2 is 2.11 bits per heavy atom. The van der Waals surface area contributed by atoms with Gasteiger partial charge in [0.25, 0.3) is 0 Å². The van der Waals surface area contributed by atoms with Gasteiger partial charge in [-0.15, -0.1) is 0 Å². The van der Waals surface area contributed by atoms with Crippen molar-refractivity contribution in [2.24, 2.45) is 11.3 Å². The molecule has 4 heteroatoms. The van der Waals surface area contributed by atoms with Crippen molar-refractivity contribution in [3.63, 3.8) is 0 Å². The molecule has 1 aliphatic rings. The maximum absolute atomic E-state index is 4.48. The molecule has 0 radical (unpaired) electrons. The number of aromatic nitrogens is 3. The van der Waals surface area contributed by atoms with Crippen molar-refractivity contribution in [2.75, 3.05) is 13.6 Å². The molecule has 0 unspecified atom stereocenters. The minimum Gasteiger partial charge on any atom is -0.319 e. The maximum atomic E-state index is 4.48. The Balaban J connectivity index is 2.09. The summed E-state index contributed by atoms with van der Waals surface area (Å²) in [7, 11) is 2.05. The fourth-order valence-electron chi connectivity index (χ4n) is 3.17. The lowest BCUT2D eigenvalue weighted by Gasteiger charge is -2.28. The topological polar surface area (TPSA) is 42.7 Å². The normalized spacial score (nSPS) is 18.7. The van der Waals surface area contributed by atoms with Crippen molar-refractivity contribution in [3.05, 3.63) is 12.2 Å². The highest BCUT2D eigenvalue weighted by Crippen LogP contribution is 2.40. The van der Waals surface area contributed by atoms with Crippen LogP contribution in [0, 0.1) is 11.3 Å². The summed E-state index contributed by atoms with van der Waals surface area (Å²) < 4.78 is 2.10. The van der Waals surface area contributed by atoms with Crippen LogP contribution in [-0.4, -0.2) is 28.4 Å². The Labute approximate surface area is 110 Å². The summed E-state index contributed by atoms with van der Waals surface area (Å²) >= 11 is 0. The van der Waals surface area contributed by atoms with Crippen LogP contribution in [0.1, 0.15) is 45.4 Å². The first-order chi connectivity index (χ1) is 8.65. The number of nitrogens with zero attached hydrogens (tertiary/aromatic N) is 3. The van der Waals surface area contributed by atoms with Gasteiger partial charge in [0.2, 0.25) is 0 Å². The van der Waals surface area contributed by atoms with E-state index in [2.05, 4.69) is 41.0 Å². The van der Waals surface area contributed by atoms with E-state index in [1.54, 1.807) is 6.33 Å². The molecule has 1 fully saturated rings. The first-order valence-electron chi connectivity index (χ1n) is 7.16. The third kappa shape index (κ3) is 3.10. The van der Waals surface area contributed by atoms with Gasteiger partial charge >= 0.3 is 0 Å². The van der Waals surface area contributed by atoms with E-state index in [0.717, 1.165) is 19.5 Å². The van der Waals surface area contributed by atoms with Gasteiger partial charge in [-0.3, -0.25) is 0 Å². The second-order valence-corrected chi connectivity index (χ2v) is 6.17. The van der Waals surface area contributed by atoms with E-state index in [-0.39, 0.29) is 0 Å². The average Bonchev–Trinajstić information content (AvgIpc) is 2.90. The van der Waals surface area contributed by atoms with Crippen molar-refractivity contribution in [3.8, 4) is 0 Å². The van der Waals surface area contributed by atoms with Gasteiger partial charge in [0, 0.05) is 19.5 Å². The lowest BCUT2D eigenvalue weighted by Crippen LogP contribution is -2.33. The molecule has 1 saturated carbocycles. The van der Waals surface area contributed by atoms with Gasteiger partial charge in [0.05, 0.1) is 0 Å². The maximum Gasteiger partial charge on any atom is 0.138 e. The quantitative estimate of drug-likeness (QED) is 0.842. The van der Waals surface area contributed by atoms with E-state index >= 15 is 0 Å². The molecular weight excluding hydrogens is 224 g/mol. The molecule has 2 rings (SSSR count). The molecule has 18 heavy (non-hydrogen) atoms. The third-order valence-electron chi connectivity index (χ3n) is 3.98. The Morgan fingerprint density at radius 3 is 2.72 bits per heavy atom. The van der Waals surface area contributed by atoms with E-state index < -0.39 is 0 Å². The van der Waals surface area contributed by atoms with Gasteiger partial charge in [-0.1, -0.05) is 26.7 Å². The second-order valence-electron chi connectivity index (χ2n) is 6.17. The van der Waals surface area contributed by atoms with Gasteiger partial charge in [0.15, 0.2) is 0 Å². The van der Waals surface area contributed by atoms with Crippen LogP contribution in [0.3, 0.4) is 0 Å². The van der Waals surface area contributed by atoms with E-state index in [1.165, 1.54) is 31.5 Å². The zero-order chi connectivity index (χ0) is 13.0. The van der Waals surface area contributed by atoms with Crippen LogP contribution in [-0.2, 0) is 13.0 Å². The van der Waals surface area contributed by atoms with Crippen LogP contribution in [0.15, 0.2) is 6.33 Å². The Bertz CT molecular complexity index is 364. The SMILES string of the molecule is CNCC1(Cc2ncnn2CC(C)C)CCCC1. The van der Waals surface area contributed by atoms with Crippen LogP contribution in [0.25, 0.3) is 0 Å². The van der Waals surface area contributed by atoms with Gasteiger partial charge in [-0.05, 0) is 31.2 Å². The predicted octanol–water partition coefficient (Wildman–Crippen LogP) is 2.26. The smallest absolute Gasteiger partial charge is 0.138 e. The van der Waals surface area contributed by atoms with E-state index in [4.69, 9.17) is 0 Å². The molecule has 0 amide bonds. The van der Waals surface area contributed by atoms with Crippen LogP contribution in [0.5, 0.6) is 0 Å². The van der Waals surface area contributed by atoms with Crippen molar-refractivity contribution in [1.82, 2.24) is 20.1 Å². The largest absolute Gasteiger partial charge is 0.319 e. The molecule has 0 aromatic carbocycles. The van der Waals surface area contributed by atoms with Crippen molar-refractivity contribution >= 4 is 0 Å². The molecule has 0 saturated heterocycles. The minimum absolute atomic E-state index is 0.413. The first kappa shape index (κ1) is 13.5. The summed E-state index contributed by atoms with van der Waals surface area (Å²) in [5, 5.41) is 7.74. The first-order valence-corrected chi connectivity index (χ1v) is 7.16. The highest BCUT2D eigenvalue weighted by molar-refractivity contribution is 4.97. The zero-order valence-electron chi connectivity index (χ0n) is 11.9. The van der Waals surface area contributed by atoms with E-state index in [1.807, 2.05) is 0 Å². The highest BCUT2D eigenvalue weighted by atomic mass is 15.3. The highest BCUT2D eigenvalue weighted by Gasteiger charge is 2.34. The molecule has 1 aliphatic carbocycles. The van der Waals surface area contributed by atoms with Crippen molar-refractivity contribution in [1.29, 1.82) is 0 Å². The van der Waals surface area contributed by atoms with Crippen molar-refractivity contribution < 1.29 is 0 Å².